The quantitative estimate of drug-likeness (QED) is 0.810. The van der Waals surface area contributed by atoms with Crippen LogP contribution >= 0.6 is 0 Å². The molecule has 2 unspecified atom stereocenters. The summed E-state index contributed by atoms with van der Waals surface area (Å²) in [7, 11) is 0. The highest BCUT2D eigenvalue weighted by Crippen LogP contribution is 2.24. The lowest BCUT2D eigenvalue weighted by molar-refractivity contribution is 0.442. The first-order valence-corrected chi connectivity index (χ1v) is 6.85. The molecule has 4 nitrogen and oxygen atoms in total. The fourth-order valence-corrected chi connectivity index (χ4v) is 2.78. The Kier molecular flexibility index (Phi) is 4.38. The molecule has 1 heterocycles. The van der Waals surface area contributed by atoms with Crippen LogP contribution in [0.3, 0.4) is 0 Å². The van der Waals surface area contributed by atoms with E-state index in [2.05, 4.69) is 34.2 Å². The van der Waals surface area contributed by atoms with Gasteiger partial charge in [-0.3, -0.25) is 4.68 Å². The number of aromatic nitrogens is 2. The van der Waals surface area contributed by atoms with Gasteiger partial charge in [0.05, 0.1) is 17.7 Å². The Bertz CT molecular complexity index is 429. The third-order valence-corrected chi connectivity index (χ3v) is 3.74. The van der Waals surface area contributed by atoms with E-state index in [9.17, 15) is 0 Å². The van der Waals surface area contributed by atoms with Crippen LogP contribution in [-0.2, 0) is 6.54 Å². The second kappa shape index (κ2) is 6.01. The Hall–Kier alpha value is -1.34. The zero-order valence-corrected chi connectivity index (χ0v) is 11.3. The fraction of sp³-hybridized carbons (Fsp3) is 0.714. The minimum atomic E-state index is 0.221. The molecule has 0 radical (unpaired) electrons. The minimum Gasteiger partial charge on any atom is -0.313 e. The normalized spacial score (nSPS) is 23.2. The van der Waals surface area contributed by atoms with Crippen LogP contribution in [0.4, 0.5) is 0 Å². The van der Waals surface area contributed by atoms with Crippen LogP contribution in [-0.4, -0.2) is 22.4 Å². The number of rotatable bonds is 5. The number of nitrogens with one attached hydrogen (secondary N) is 1. The summed E-state index contributed by atoms with van der Waals surface area (Å²) in [6.45, 7) is 6.05. The lowest BCUT2D eigenvalue weighted by Crippen LogP contribution is -2.33. The van der Waals surface area contributed by atoms with E-state index in [1.165, 1.54) is 12.1 Å². The molecular formula is C14H22N4. The molecule has 1 saturated carbocycles. The van der Waals surface area contributed by atoms with E-state index in [0.29, 0.717) is 6.04 Å². The Morgan fingerprint density at radius 3 is 3.00 bits per heavy atom. The predicted molar refractivity (Wildman–Crippen MR) is 71.1 cm³/mol. The molecule has 1 aliphatic carbocycles. The second-order valence-electron chi connectivity index (χ2n) is 5.23. The van der Waals surface area contributed by atoms with Crippen molar-refractivity contribution >= 4 is 0 Å². The summed E-state index contributed by atoms with van der Waals surface area (Å²) in [5.74, 6) is 0.221. The van der Waals surface area contributed by atoms with Gasteiger partial charge in [-0.1, -0.05) is 6.42 Å². The topological polar surface area (TPSA) is 53.6 Å². The summed E-state index contributed by atoms with van der Waals surface area (Å²) in [5.41, 5.74) is 2.31. The Balaban J connectivity index is 1.70. The zero-order chi connectivity index (χ0) is 13.0. The zero-order valence-electron chi connectivity index (χ0n) is 11.3. The average Bonchev–Trinajstić information content (AvgIpc) is 2.91. The highest BCUT2D eigenvalue weighted by Gasteiger charge is 2.25. The SMILES string of the molecule is Cc1cc(C)n(CCCNC2CCCC2C#N)n1. The summed E-state index contributed by atoms with van der Waals surface area (Å²) in [5, 5.41) is 17.0. The first-order valence-electron chi connectivity index (χ1n) is 6.85. The smallest absolute Gasteiger partial charge is 0.0672 e. The molecular weight excluding hydrogens is 224 g/mol. The lowest BCUT2D eigenvalue weighted by Gasteiger charge is -2.15. The molecule has 4 heteroatoms. The summed E-state index contributed by atoms with van der Waals surface area (Å²) in [6, 6.07) is 4.92. The standard InChI is InChI=1S/C14H22N4/c1-11-9-12(2)18(17-11)8-4-7-16-14-6-3-5-13(14)10-15/h9,13-14,16H,3-8H2,1-2H3. The predicted octanol–water partition coefficient (Wildman–Crippen LogP) is 2.17. The van der Waals surface area contributed by atoms with Gasteiger partial charge in [-0.15, -0.1) is 0 Å². The van der Waals surface area contributed by atoms with Crippen LogP contribution in [0.1, 0.15) is 37.1 Å². The monoisotopic (exact) mass is 246 g/mol. The lowest BCUT2D eigenvalue weighted by atomic mass is 10.1. The highest BCUT2D eigenvalue weighted by molar-refractivity contribution is 5.06. The minimum absolute atomic E-state index is 0.221. The highest BCUT2D eigenvalue weighted by atomic mass is 15.3. The first-order chi connectivity index (χ1) is 8.70. The van der Waals surface area contributed by atoms with Gasteiger partial charge in [-0.25, -0.2) is 0 Å². The van der Waals surface area contributed by atoms with Crippen molar-refractivity contribution in [2.75, 3.05) is 6.54 Å². The van der Waals surface area contributed by atoms with Crippen molar-refractivity contribution in [2.45, 2.75) is 52.1 Å². The third-order valence-electron chi connectivity index (χ3n) is 3.74. The third kappa shape index (κ3) is 3.11. The molecule has 1 aliphatic rings. The molecule has 0 aliphatic heterocycles. The van der Waals surface area contributed by atoms with E-state index in [4.69, 9.17) is 5.26 Å². The molecule has 0 bridgehead atoms. The van der Waals surface area contributed by atoms with E-state index in [0.717, 1.165) is 38.0 Å². The molecule has 0 aromatic carbocycles. The van der Waals surface area contributed by atoms with Crippen molar-refractivity contribution in [3.8, 4) is 6.07 Å². The van der Waals surface area contributed by atoms with Gasteiger partial charge in [0, 0.05) is 18.3 Å². The molecule has 0 amide bonds. The Morgan fingerprint density at radius 1 is 1.50 bits per heavy atom. The van der Waals surface area contributed by atoms with Gasteiger partial charge in [0.15, 0.2) is 0 Å². The van der Waals surface area contributed by atoms with Crippen molar-refractivity contribution in [1.82, 2.24) is 15.1 Å². The van der Waals surface area contributed by atoms with Crippen molar-refractivity contribution in [2.24, 2.45) is 5.92 Å². The number of nitrogens with zero attached hydrogens (tertiary/aromatic N) is 3. The maximum atomic E-state index is 9.01. The van der Waals surface area contributed by atoms with Gasteiger partial charge in [0.25, 0.3) is 0 Å². The largest absolute Gasteiger partial charge is 0.313 e. The van der Waals surface area contributed by atoms with E-state index >= 15 is 0 Å². The second-order valence-corrected chi connectivity index (χ2v) is 5.23. The van der Waals surface area contributed by atoms with Crippen molar-refractivity contribution < 1.29 is 0 Å². The van der Waals surface area contributed by atoms with Gasteiger partial charge in [-0.2, -0.15) is 10.4 Å². The van der Waals surface area contributed by atoms with Crippen molar-refractivity contribution in [1.29, 1.82) is 5.26 Å². The first kappa shape index (κ1) is 13.1. The van der Waals surface area contributed by atoms with Gasteiger partial charge >= 0.3 is 0 Å². The average molecular weight is 246 g/mol. The van der Waals surface area contributed by atoms with Crippen LogP contribution in [0.2, 0.25) is 0 Å². The summed E-state index contributed by atoms with van der Waals surface area (Å²) in [6.07, 6.45) is 4.47. The van der Waals surface area contributed by atoms with Crippen LogP contribution in [0.25, 0.3) is 0 Å². The molecule has 1 N–H and O–H groups in total. The number of hydrogen-bond donors (Lipinski definition) is 1. The maximum Gasteiger partial charge on any atom is 0.0672 e. The summed E-state index contributed by atoms with van der Waals surface area (Å²) >= 11 is 0. The van der Waals surface area contributed by atoms with Gasteiger partial charge in [0.1, 0.15) is 0 Å². The maximum absolute atomic E-state index is 9.01. The molecule has 2 rings (SSSR count). The van der Waals surface area contributed by atoms with E-state index in [1.54, 1.807) is 0 Å². The summed E-state index contributed by atoms with van der Waals surface area (Å²) in [4.78, 5) is 0. The summed E-state index contributed by atoms with van der Waals surface area (Å²) < 4.78 is 2.06. The fourth-order valence-electron chi connectivity index (χ4n) is 2.78. The van der Waals surface area contributed by atoms with Crippen LogP contribution in [0.5, 0.6) is 0 Å². The molecule has 1 aromatic heterocycles. The van der Waals surface area contributed by atoms with Crippen LogP contribution in [0.15, 0.2) is 6.07 Å². The van der Waals surface area contributed by atoms with Gasteiger partial charge in [0.2, 0.25) is 0 Å². The molecule has 18 heavy (non-hydrogen) atoms. The van der Waals surface area contributed by atoms with E-state index < -0.39 is 0 Å². The van der Waals surface area contributed by atoms with Gasteiger partial charge < -0.3 is 5.32 Å². The molecule has 98 valence electrons. The number of hydrogen-bond acceptors (Lipinski definition) is 3. The van der Waals surface area contributed by atoms with Crippen molar-refractivity contribution in [3.63, 3.8) is 0 Å². The molecule has 1 fully saturated rings. The van der Waals surface area contributed by atoms with Crippen molar-refractivity contribution in [3.05, 3.63) is 17.5 Å². The van der Waals surface area contributed by atoms with Crippen LogP contribution < -0.4 is 5.32 Å². The Labute approximate surface area is 109 Å². The number of aryl methyl sites for hydroxylation is 3. The van der Waals surface area contributed by atoms with Gasteiger partial charge in [-0.05, 0) is 45.7 Å². The number of nitriles is 1. The Morgan fingerprint density at radius 2 is 2.33 bits per heavy atom. The molecule has 0 saturated heterocycles. The van der Waals surface area contributed by atoms with E-state index in [1.807, 2.05) is 6.92 Å². The molecule has 1 aromatic rings. The molecule has 2 atom stereocenters. The molecule has 0 spiro atoms. The van der Waals surface area contributed by atoms with Crippen LogP contribution in [0, 0.1) is 31.1 Å². The van der Waals surface area contributed by atoms with E-state index in [-0.39, 0.29) is 5.92 Å².